The predicted molar refractivity (Wildman–Crippen MR) is 102 cm³/mol. The van der Waals surface area contributed by atoms with Crippen LogP contribution in [0, 0.1) is 0 Å². The average molecular weight is 315 g/mol. The number of hydrogen-bond acceptors (Lipinski definition) is 2. The molecule has 0 aliphatic carbocycles. The van der Waals surface area contributed by atoms with E-state index in [9.17, 15) is 0 Å². The fraction of sp³-hybridized carbons (Fsp3) is 0.182. The summed E-state index contributed by atoms with van der Waals surface area (Å²) in [5.74, 6) is 0. The van der Waals surface area contributed by atoms with Crippen molar-refractivity contribution in [2.75, 3.05) is 4.90 Å². The topological polar surface area (TPSA) is 16.4 Å². The quantitative estimate of drug-likeness (QED) is 0.418. The smallest absolute Gasteiger partial charge is 0.135 e. The Bertz CT molecular complexity index is 993. The highest BCUT2D eigenvalue weighted by Gasteiger charge is 2.24. The highest BCUT2D eigenvalue weighted by Crippen LogP contribution is 2.37. The number of benzene rings is 3. The minimum atomic E-state index is -0.0332. The van der Waals surface area contributed by atoms with Gasteiger partial charge in [-0.25, -0.2) is 0 Å². The van der Waals surface area contributed by atoms with Crippen LogP contribution in [0.3, 0.4) is 0 Å². The van der Waals surface area contributed by atoms with Crippen LogP contribution in [-0.4, -0.2) is 5.54 Å². The van der Waals surface area contributed by atoms with Gasteiger partial charge in [0.1, 0.15) is 11.2 Å². The van der Waals surface area contributed by atoms with E-state index in [4.69, 9.17) is 4.42 Å². The Hall–Kier alpha value is -2.74. The van der Waals surface area contributed by atoms with Gasteiger partial charge >= 0.3 is 0 Å². The van der Waals surface area contributed by atoms with Gasteiger partial charge in [-0.1, -0.05) is 36.4 Å². The molecule has 0 amide bonds. The molecule has 120 valence electrons. The Morgan fingerprint density at radius 3 is 2.08 bits per heavy atom. The fourth-order valence-corrected chi connectivity index (χ4v) is 3.35. The van der Waals surface area contributed by atoms with Crippen molar-refractivity contribution in [3.05, 3.63) is 72.8 Å². The first-order valence-corrected chi connectivity index (χ1v) is 8.31. The van der Waals surface area contributed by atoms with Crippen LogP contribution in [0.15, 0.2) is 77.2 Å². The maximum atomic E-state index is 5.96. The summed E-state index contributed by atoms with van der Waals surface area (Å²) in [6, 6.07) is 25.2. The third-order valence-corrected chi connectivity index (χ3v) is 4.30. The van der Waals surface area contributed by atoms with Crippen LogP contribution in [0.5, 0.6) is 0 Å². The van der Waals surface area contributed by atoms with Gasteiger partial charge < -0.3 is 9.32 Å². The molecule has 24 heavy (non-hydrogen) atoms. The highest BCUT2D eigenvalue weighted by atomic mass is 16.3. The molecule has 3 aromatic carbocycles. The van der Waals surface area contributed by atoms with E-state index in [-0.39, 0.29) is 5.54 Å². The Morgan fingerprint density at radius 1 is 0.667 bits per heavy atom. The van der Waals surface area contributed by atoms with Crippen molar-refractivity contribution in [1.82, 2.24) is 0 Å². The molecule has 1 heterocycles. The van der Waals surface area contributed by atoms with E-state index in [0.717, 1.165) is 21.9 Å². The number of furan rings is 1. The zero-order valence-corrected chi connectivity index (χ0v) is 14.3. The first-order chi connectivity index (χ1) is 11.5. The summed E-state index contributed by atoms with van der Waals surface area (Å²) in [4.78, 5) is 2.37. The normalized spacial score (nSPS) is 12.0. The molecular formula is C22H21NO. The lowest BCUT2D eigenvalue weighted by atomic mass is 10.0. The SMILES string of the molecule is CC(C)(C)N(c1ccccc1)c1ccc2oc3ccccc3c2c1. The van der Waals surface area contributed by atoms with E-state index in [1.165, 1.54) is 11.4 Å². The van der Waals surface area contributed by atoms with Crippen molar-refractivity contribution in [3.63, 3.8) is 0 Å². The van der Waals surface area contributed by atoms with Crippen molar-refractivity contribution in [1.29, 1.82) is 0 Å². The second-order valence-electron chi connectivity index (χ2n) is 7.12. The van der Waals surface area contributed by atoms with E-state index in [0.29, 0.717) is 0 Å². The van der Waals surface area contributed by atoms with Gasteiger partial charge in [0.15, 0.2) is 0 Å². The number of nitrogens with zero attached hydrogens (tertiary/aromatic N) is 1. The summed E-state index contributed by atoms with van der Waals surface area (Å²) in [5, 5.41) is 2.32. The van der Waals surface area contributed by atoms with E-state index in [1.807, 2.05) is 12.1 Å². The van der Waals surface area contributed by atoms with Gasteiger partial charge in [-0.15, -0.1) is 0 Å². The molecule has 2 heteroatoms. The summed E-state index contributed by atoms with van der Waals surface area (Å²) < 4.78 is 5.96. The number of rotatable bonds is 2. The Kier molecular flexibility index (Phi) is 3.34. The van der Waals surface area contributed by atoms with Crippen LogP contribution >= 0.6 is 0 Å². The monoisotopic (exact) mass is 315 g/mol. The second-order valence-corrected chi connectivity index (χ2v) is 7.12. The van der Waals surface area contributed by atoms with Gasteiger partial charge in [-0.2, -0.15) is 0 Å². The number of hydrogen-bond donors (Lipinski definition) is 0. The predicted octanol–water partition coefficient (Wildman–Crippen LogP) is 6.52. The molecule has 0 aliphatic rings. The van der Waals surface area contributed by atoms with Gasteiger partial charge in [0, 0.05) is 27.7 Å². The molecule has 0 saturated carbocycles. The van der Waals surface area contributed by atoms with Gasteiger partial charge in [0.2, 0.25) is 0 Å². The lowest BCUT2D eigenvalue weighted by Crippen LogP contribution is -2.37. The molecule has 0 spiro atoms. The van der Waals surface area contributed by atoms with E-state index in [1.54, 1.807) is 0 Å². The first kappa shape index (κ1) is 14.8. The molecule has 4 aromatic rings. The minimum absolute atomic E-state index is 0.0332. The Morgan fingerprint density at radius 2 is 1.33 bits per heavy atom. The zero-order valence-electron chi connectivity index (χ0n) is 14.3. The molecule has 0 N–H and O–H groups in total. The van der Waals surface area contributed by atoms with Gasteiger partial charge in [0.05, 0.1) is 0 Å². The molecule has 0 radical (unpaired) electrons. The molecule has 1 aromatic heterocycles. The maximum absolute atomic E-state index is 5.96. The van der Waals surface area contributed by atoms with Crippen LogP contribution in [0.2, 0.25) is 0 Å². The molecule has 2 nitrogen and oxygen atoms in total. The van der Waals surface area contributed by atoms with Crippen LogP contribution < -0.4 is 4.90 Å². The maximum Gasteiger partial charge on any atom is 0.135 e. The molecule has 0 fully saturated rings. The third-order valence-electron chi connectivity index (χ3n) is 4.30. The largest absolute Gasteiger partial charge is 0.456 e. The minimum Gasteiger partial charge on any atom is -0.456 e. The lowest BCUT2D eigenvalue weighted by molar-refractivity contribution is 0.560. The molecule has 4 rings (SSSR count). The lowest BCUT2D eigenvalue weighted by Gasteiger charge is -2.38. The van der Waals surface area contributed by atoms with Gasteiger partial charge in [-0.3, -0.25) is 0 Å². The van der Waals surface area contributed by atoms with E-state index >= 15 is 0 Å². The molecule has 0 atom stereocenters. The van der Waals surface area contributed by atoms with E-state index < -0.39 is 0 Å². The average Bonchev–Trinajstić information content (AvgIpc) is 2.93. The third kappa shape index (κ3) is 2.44. The van der Waals surface area contributed by atoms with Crippen molar-refractivity contribution in [2.24, 2.45) is 0 Å². The molecule has 0 unspecified atom stereocenters. The van der Waals surface area contributed by atoms with Crippen molar-refractivity contribution in [2.45, 2.75) is 26.3 Å². The van der Waals surface area contributed by atoms with Crippen LogP contribution in [0.1, 0.15) is 20.8 Å². The summed E-state index contributed by atoms with van der Waals surface area (Å²) >= 11 is 0. The summed E-state index contributed by atoms with van der Waals surface area (Å²) in [6.07, 6.45) is 0. The van der Waals surface area contributed by atoms with Crippen LogP contribution in [-0.2, 0) is 0 Å². The van der Waals surface area contributed by atoms with Crippen molar-refractivity contribution < 1.29 is 4.42 Å². The van der Waals surface area contributed by atoms with Crippen LogP contribution in [0.25, 0.3) is 21.9 Å². The number of para-hydroxylation sites is 2. The summed E-state index contributed by atoms with van der Waals surface area (Å²) in [7, 11) is 0. The highest BCUT2D eigenvalue weighted by molar-refractivity contribution is 6.06. The van der Waals surface area contributed by atoms with Gasteiger partial charge in [0.25, 0.3) is 0 Å². The molecule has 0 aliphatic heterocycles. The van der Waals surface area contributed by atoms with Gasteiger partial charge in [-0.05, 0) is 57.2 Å². The number of anilines is 2. The standard InChI is InChI=1S/C22H21NO/c1-22(2,3)23(16-9-5-4-6-10-16)17-13-14-21-19(15-17)18-11-7-8-12-20(18)24-21/h4-15H,1-3H3. The Labute approximate surface area is 142 Å². The second kappa shape index (κ2) is 5.41. The fourth-order valence-electron chi connectivity index (χ4n) is 3.35. The first-order valence-electron chi connectivity index (χ1n) is 8.31. The zero-order chi connectivity index (χ0) is 16.7. The molecule has 0 bridgehead atoms. The Balaban J connectivity index is 1.94. The van der Waals surface area contributed by atoms with E-state index in [2.05, 4.69) is 86.3 Å². The molecule has 0 saturated heterocycles. The van der Waals surface area contributed by atoms with Crippen LogP contribution in [0.4, 0.5) is 11.4 Å². The van der Waals surface area contributed by atoms with Crippen molar-refractivity contribution >= 4 is 33.3 Å². The number of fused-ring (bicyclic) bond motifs is 3. The molecular weight excluding hydrogens is 294 g/mol. The summed E-state index contributed by atoms with van der Waals surface area (Å²) in [6.45, 7) is 6.70. The van der Waals surface area contributed by atoms with Crippen molar-refractivity contribution in [3.8, 4) is 0 Å². The summed E-state index contributed by atoms with van der Waals surface area (Å²) in [5.41, 5.74) is 4.20.